The summed E-state index contributed by atoms with van der Waals surface area (Å²) >= 11 is 4.55. The van der Waals surface area contributed by atoms with E-state index < -0.39 is 0 Å². The van der Waals surface area contributed by atoms with Gasteiger partial charge in [-0.25, -0.2) is 0 Å². The molecule has 1 N–H and O–H groups in total. The van der Waals surface area contributed by atoms with Gasteiger partial charge in [0.05, 0.1) is 17.1 Å². The zero-order valence-corrected chi connectivity index (χ0v) is 14.1. The van der Waals surface area contributed by atoms with Crippen LogP contribution >= 0.6 is 12.6 Å². The highest BCUT2D eigenvalue weighted by Gasteiger charge is 2.23. The van der Waals surface area contributed by atoms with Gasteiger partial charge in [-0.15, -0.1) is 12.6 Å². The van der Waals surface area contributed by atoms with Gasteiger partial charge in [0.25, 0.3) is 5.91 Å². The molecule has 2 aromatic carbocycles. The first kappa shape index (κ1) is 15.2. The Labute approximate surface area is 146 Å². The van der Waals surface area contributed by atoms with E-state index in [1.807, 2.05) is 30.3 Å². The van der Waals surface area contributed by atoms with E-state index in [9.17, 15) is 4.79 Å². The van der Waals surface area contributed by atoms with Crippen LogP contribution in [0, 0.1) is 0 Å². The molecule has 0 bridgehead atoms. The smallest absolute Gasteiger partial charge is 0.252 e. The number of carbonyl (C=O) groups excluding carboxylic acids is 1. The van der Waals surface area contributed by atoms with E-state index in [4.69, 9.17) is 0 Å². The number of aromatic nitrogens is 1. The Bertz CT molecular complexity index is 922. The quantitative estimate of drug-likeness (QED) is 0.685. The molecule has 0 saturated carbocycles. The number of fused-ring (bicyclic) bond motifs is 2. The Kier molecular flexibility index (Phi) is 3.98. The molecule has 0 saturated heterocycles. The molecule has 4 rings (SSSR count). The Morgan fingerprint density at radius 3 is 2.92 bits per heavy atom. The lowest BCUT2D eigenvalue weighted by Crippen LogP contribution is -2.31. The molecule has 0 radical (unpaired) electrons. The molecule has 120 valence electrons. The van der Waals surface area contributed by atoms with Crippen LogP contribution in [-0.4, -0.2) is 10.9 Å². The highest BCUT2D eigenvalue weighted by molar-refractivity contribution is 7.80. The highest BCUT2D eigenvalue weighted by Crippen LogP contribution is 2.30. The summed E-state index contributed by atoms with van der Waals surface area (Å²) in [6, 6.07) is 16.0. The first-order valence-corrected chi connectivity index (χ1v) is 8.64. The van der Waals surface area contributed by atoms with Crippen molar-refractivity contribution in [2.45, 2.75) is 30.2 Å². The molecule has 1 heterocycles. The molecule has 0 aliphatic heterocycles. The molecule has 1 atom stereocenters. The lowest BCUT2D eigenvalue weighted by Gasteiger charge is -2.26. The molecule has 1 aliphatic carbocycles. The number of amides is 1. The fourth-order valence-corrected chi connectivity index (χ4v) is 3.82. The van der Waals surface area contributed by atoms with Crippen LogP contribution < -0.4 is 5.32 Å². The number of aryl methyl sites for hydroxylation is 1. The topological polar surface area (TPSA) is 42.0 Å². The van der Waals surface area contributed by atoms with E-state index >= 15 is 0 Å². The Balaban J connectivity index is 1.65. The van der Waals surface area contributed by atoms with Gasteiger partial charge in [0.1, 0.15) is 0 Å². The Morgan fingerprint density at radius 2 is 2.00 bits per heavy atom. The number of rotatable bonds is 2. The molecule has 0 fully saturated rings. The van der Waals surface area contributed by atoms with Crippen molar-refractivity contribution in [2.75, 3.05) is 0 Å². The number of nitrogens with one attached hydrogen (secondary N) is 1. The van der Waals surface area contributed by atoms with Gasteiger partial charge in [-0.2, -0.15) is 0 Å². The third-order valence-corrected chi connectivity index (χ3v) is 5.12. The molecule has 0 spiro atoms. The van der Waals surface area contributed by atoms with E-state index in [1.165, 1.54) is 11.1 Å². The van der Waals surface area contributed by atoms with E-state index in [-0.39, 0.29) is 11.9 Å². The van der Waals surface area contributed by atoms with Crippen LogP contribution in [0.3, 0.4) is 0 Å². The lowest BCUT2D eigenvalue weighted by atomic mass is 9.87. The minimum Gasteiger partial charge on any atom is -0.345 e. The minimum absolute atomic E-state index is 0.0645. The first-order chi connectivity index (χ1) is 11.7. The van der Waals surface area contributed by atoms with Gasteiger partial charge in [0.2, 0.25) is 0 Å². The van der Waals surface area contributed by atoms with Crippen LogP contribution in [0.25, 0.3) is 10.9 Å². The lowest BCUT2D eigenvalue weighted by molar-refractivity contribution is 0.0930. The van der Waals surface area contributed by atoms with Crippen molar-refractivity contribution in [1.29, 1.82) is 0 Å². The average molecular weight is 334 g/mol. The van der Waals surface area contributed by atoms with Crippen molar-refractivity contribution in [3.63, 3.8) is 0 Å². The number of hydrogen-bond acceptors (Lipinski definition) is 3. The van der Waals surface area contributed by atoms with E-state index in [0.29, 0.717) is 10.5 Å². The number of pyridine rings is 1. The molecule has 24 heavy (non-hydrogen) atoms. The standard InChI is InChI=1S/C20H18N2OS/c23-20(16-11-10-14-7-4-12-21-18(14)19(16)24)22-17-9-3-6-13-5-1-2-8-15(13)17/h1-2,4-5,7-8,10-12,17,24H,3,6,9H2,(H,22,23). The van der Waals surface area contributed by atoms with Crippen molar-refractivity contribution in [2.24, 2.45) is 0 Å². The van der Waals surface area contributed by atoms with Crippen molar-refractivity contribution in [3.8, 4) is 0 Å². The van der Waals surface area contributed by atoms with Crippen LogP contribution in [0.4, 0.5) is 0 Å². The maximum Gasteiger partial charge on any atom is 0.252 e. The molecular weight excluding hydrogens is 316 g/mol. The summed E-state index contributed by atoms with van der Waals surface area (Å²) in [5.74, 6) is -0.0887. The van der Waals surface area contributed by atoms with E-state index in [1.54, 1.807) is 6.20 Å². The number of thiol groups is 1. The second kappa shape index (κ2) is 6.29. The van der Waals surface area contributed by atoms with E-state index in [0.717, 1.165) is 30.2 Å². The van der Waals surface area contributed by atoms with Crippen molar-refractivity contribution < 1.29 is 4.79 Å². The summed E-state index contributed by atoms with van der Waals surface area (Å²) in [6.07, 6.45) is 4.87. The largest absolute Gasteiger partial charge is 0.345 e. The Morgan fingerprint density at radius 1 is 1.12 bits per heavy atom. The number of carbonyl (C=O) groups is 1. The van der Waals surface area contributed by atoms with Crippen molar-refractivity contribution >= 4 is 29.4 Å². The fraction of sp³-hybridized carbons (Fsp3) is 0.200. The molecule has 1 aromatic heterocycles. The van der Waals surface area contributed by atoms with Crippen molar-refractivity contribution in [3.05, 3.63) is 71.4 Å². The SMILES string of the molecule is O=C(NC1CCCc2ccccc21)c1ccc2cccnc2c1S. The second-order valence-electron chi connectivity index (χ2n) is 6.15. The summed E-state index contributed by atoms with van der Waals surface area (Å²) in [4.78, 5) is 17.8. The van der Waals surface area contributed by atoms with Gasteiger partial charge in [-0.3, -0.25) is 9.78 Å². The maximum absolute atomic E-state index is 12.8. The van der Waals surface area contributed by atoms with Crippen LogP contribution in [0.15, 0.2) is 59.6 Å². The molecule has 4 heteroatoms. The third kappa shape index (κ3) is 2.67. The molecule has 1 aliphatic rings. The van der Waals surface area contributed by atoms with Crippen LogP contribution in [0.1, 0.15) is 40.4 Å². The summed E-state index contributed by atoms with van der Waals surface area (Å²) < 4.78 is 0. The molecule has 1 unspecified atom stereocenters. The zero-order chi connectivity index (χ0) is 16.5. The van der Waals surface area contributed by atoms with Gasteiger partial charge in [-0.1, -0.05) is 36.4 Å². The van der Waals surface area contributed by atoms with Crippen LogP contribution in [0.2, 0.25) is 0 Å². The second-order valence-corrected chi connectivity index (χ2v) is 6.60. The molecule has 3 aromatic rings. The zero-order valence-electron chi connectivity index (χ0n) is 13.2. The monoisotopic (exact) mass is 334 g/mol. The fourth-order valence-electron chi connectivity index (χ4n) is 3.45. The normalized spacial score (nSPS) is 16.6. The summed E-state index contributed by atoms with van der Waals surface area (Å²) in [6.45, 7) is 0. The van der Waals surface area contributed by atoms with Gasteiger partial charge in [0.15, 0.2) is 0 Å². The van der Waals surface area contributed by atoms with Gasteiger partial charge in [-0.05, 0) is 42.5 Å². The predicted molar refractivity (Wildman–Crippen MR) is 98.6 cm³/mol. The van der Waals surface area contributed by atoms with Crippen LogP contribution in [0.5, 0.6) is 0 Å². The number of nitrogens with zero attached hydrogens (tertiary/aromatic N) is 1. The first-order valence-electron chi connectivity index (χ1n) is 8.19. The van der Waals surface area contributed by atoms with E-state index in [2.05, 4.69) is 41.1 Å². The Hall–Kier alpha value is -2.33. The maximum atomic E-state index is 12.8. The minimum atomic E-state index is -0.0887. The highest BCUT2D eigenvalue weighted by atomic mass is 32.1. The number of benzene rings is 2. The third-order valence-electron chi connectivity index (χ3n) is 4.67. The van der Waals surface area contributed by atoms with Gasteiger partial charge in [0, 0.05) is 16.5 Å². The van der Waals surface area contributed by atoms with Gasteiger partial charge < -0.3 is 5.32 Å². The average Bonchev–Trinajstić information content (AvgIpc) is 2.62. The van der Waals surface area contributed by atoms with Crippen molar-refractivity contribution in [1.82, 2.24) is 10.3 Å². The molecular formula is C20H18N2OS. The number of hydrogen-bond donors (Lipinski definition) is 2. The molecule has 3 nitrogen and oxygen atoms in total. The van der Waals surface area contributed by atoms with Crippen LogP contribution in [-0.2, 0) is 6.42 Å². The summed E-state index contributed by atoms with van der Waals surface area (Å²) in [5.41, 5.74) is 3.90. The summed E-state index contributed by atoms with van der Waals surface area (Å²) in [7, 11) is 0. The molecule has 1 amide bonds. The summed E-state index contributed by atoms with van der Waals surface area (Å²) in [5, 5.41) is 4.17. The van der Waals surface area contributed by atoms with Gasteiger partial charge >= 0.3 is 0 Å². The predicted octanol–water partition coefficient (Wildman–Crippen LogP) is 4.33.